The highest BCUT2D eigenvalue weighted by Gasteiger charge is 2.46. The van der Waals surface area contributed by atoms with Crippen molar-refractivity contribution in [3.8, 4) is 0 Å². The van der Waals surface area contributed by atoms with Crippen molar-refractivity contribution in [1.82, 2.24) is 0 Å². The summed E-state index contributed by atoms with van der Waals surface area (Å²) in [6.45, 7) is 8.18. The van der Waals surface area contributed by atoms with Gasteiger partial charge in [-0.2, -0.15) is 0 Å². The van der Waals surface area contributed by atoms with Crippen molar-refractivity contribution in [2.45, 2.75) is 39.4 Å². The molecule has 2 nitrogen and oxygen atoms in total. The molecule has 0 fully saturated rings. The SMILES string of the molecule is COC1(C)C=C(C(C)(C)C)C1O. The summed E-state index contributed by atoms with van der Waals surface area (Å²) in [6.07, 6.45) is 1.57. The molecule has 70 valence electrons. The highest BCUT2D eigenvalue weighted by Crippen LogP contribution is 2.43. The molecular formula is C10H18O2. The predicted molar refractivity (Wildman–Crippen MR) is 49.0 cm³/mol. The number of methoxy groups -OCH3 is 1. The molecule has 0 bridgehead atoms. The van der Waals surface area contributed by atoms with Crippen LogP contribution in [0.2, 0.25) is 0 Å². The van der Waals surface area contributed by atoms with Crippen molar-refractivity contribution in [3.63, 3.8) is 0 Å². The fourth-order valence-electron chi connectivity index (χ4n) is 1.48. The molecule has 2 atom stereocenters. The molecule has 0 aromatic carbocycles. The van der Waals surface area contributed by atoms with E-state index in [1.165, 1.54) is 0 Å². The Morgan fingerprint density at radius 3 is 2.25 bits per heavy atom. The van der Waals surface area contributed by atoms with E-state index in [0.29, 0.717) is 0 Å². The maximum Gasteiger partial charge on any atom is 0.113 e. The highest BCUT2D eigenvalue weighted by molar-refractivity contribution is 5.36. The summed E-state index contributed by atoms with van der Waals surface area (Å²) in [5, 5.41) is 9.77. The van der Waals surface area contributed by atoms with Crippen LogP contribution in [0.3, 0.4) is 0 Å². The molecule has 0 amide bonds. The first-order chi connectivity index (χ1) is 5.31. The summed E-state index contributed by atoms with van der Waals surface area (Å²) in [4.78, 5) is 0. The number of rotatable bonds is 1. The summed E-state index contributed by atoms with van der Waals surface area (Å²) in [7, 11) is 1.62. The van der Waals surface area contributed by atoms with Gasteiger partial charge in [-0.1, -0.05) is 20.8 Å². The number of ether oxygens (including phenoxy) is 1. The molecular weight excluding hydrogens is 152 g/mol. The number of aliphatic hydroxyl groups is 1. The third-order valence-electron chi connectivity index (χ3n) is 2.59. The zero-order chi connectivity index (χ0) is 9.57. The van der Waals surface area contributed by atoms with Crippen LogP contribution in [0.4, 0.5) is 0 Å². The maximum atomic E-state index is 9.77. The molecule has 2 heteroatoms. The Labute approximate surface area is 74.2 Å². The minimum Gasteiger partial charge on any atom is -0.385 e. The molecule has 12 heavy (non-hydrogen) atoms. The van der Waals surface area contributed by atoms with Crippen molar-refractivity contribution in [1.29, 1.82) is 0 Å². The maximum absolute atomic E-state index is 9.77. The van der Waals surface area contributed by atoms with Gasteiger partial charge in [-0.15, -0.1) is 0 Å². The molecule has 0 saturated carbocycles. The first kappa shape index (κ1) is 9.75. The second kappa shape index (κ2) is 2.57. The van der Waals surface area contributed by atoms with Crippen LogP contribution in [0.5, 0.6) is 0 Å². The van der Waals surface area contributed by atoms with Crippen LogP contribution in [-0.4, -0.2) is 23.9 Å². The van der Waals surface area contributed by atoms with Crippen molar-refractivity contribution in [2.24, 2.45) is 5.41 Å². The third kappa shape index (κ3) is 1.29. The second-order valence-corrected chi connectivity index (χ2v) is 4.64. The summed E-state index contributed by atoms with van der Waals surface area (Å²) >= 11 is 0. The summed E-state index contributed by atoms with van der Waals surface area (Å²) in [5.74, 6) is 0. The van der Waals surface area contributed by atoms with Gasteiger partial charge in [0.2, 0.25) is 0 Å². The Morgan fingerprint density at radius 2 is 2.00 bits per heavy atom. The number of hydrogen-bond acceptors (Lipinski definition) is 2. The van der Waals surface area contributed by atoms with Gasteiger partial charge in [-0.25, -0.2) is 0 Å². The topological polar surface area (TPSA) is 29.5 Å². The molecule has 0 heterocycles. The smallest absolute Gasteiger partial charge is 0.113 e. The molecule has 0 saturated heterocycles. The Morgan fingerprint density at radius 1 is 1.50 bits per heavy atom. The molecule has 0 spiro atoms. The number of hydrogen-bond donors (Lipinski definition) is 1. The van der Waals surface area contributed by atoms with E-state index in [4.69, 9.17) is 4.74 Å². The molecule has 1 aliphatic carbocycles. The van der Waals surface area contributed by atoms with Crippen LogP contribution < -0.4 is 0 Å². The van der Waals surface area contributed by atoms with E-state index >= 15 is 0 Å². The van der Waals surface area contributed by atoms with Crippen molar-refractivity contribution in [3.05, 3.63) is 11.6 Å². The lowest BCUT2D eigenvalue weighted by Gasteiger charge is -2.46. The van der Waals surface area contributed by atoms with E-state index in [1.807, 2.05) is 13.0 Å². The van der Waals surface area contributed by atoms with E-state index in [0.717, 1.165) is 5.57 Å². The van der Waals surface area contributed by atoms with Gasteiger partial charge in [0.05, 0.1) is 0 Å². The molecule has 0 aromatic heterocycles. The van der Waals surface area contributed by atoms with Gasteiger partial charge >= 0.3 is 0 Å². The van der Waals surface area contributed by atoms with Crippen LogP contribution in [0.1, 0.15) is 27.7 Å². The summed E-state index contributed by atoms with van der Waals surface area (Å²) in [5.41, 5.74) is 0.673. The van der Waals surface area contributed by atoms with E-state index in [1.54, 1.807) is 7.11 Å². The molecule has 2 unspecified atom stereocenters. The quantitative estimate of drug-likeness (QED) is 0.607. The lowest BCUT2D eigenvalue weighted by atomic mass is 9.68. The van der Waals surface area contributed by atoms with Crippen LogP contribution in [0.25, 0.3) is 0 Å². The van der Waals surface area contributed by atoms with Crippen molar-refractivity contribution >= 4 is 0 Å². The van der Waals surface area contributed by atoms with Gasteiger partial charge in [0.25, 0.3) is 0 Å². The molecule has 0 radical (unpaired) electrons. The minimum atomic E-state index is -0.456. The van der Waals surface area contributed by atoms with Gasteiger partial charge in [-0.05, 0) is 24.0 Å². The number of aliphatic hydroxyl groups excluding tert-OH is 1. The molecule has 1 N–H and O–H groups in total. The predicted octanol–water partition coefficient (Wildman–Crippen LogP) is 1.74. The monoisotopic (exact) mass is 170 g/mol. The van der Waals surface area contributed by atoms with Crippen LogP contribution >= 0.6 is 0 Å². The Kier molecular flexibility index (Phi) is 2.09. The van der Waals surface area contributed by atoms with E-state index in [2.05, 4.69) is 20.8 Å². The van der Waals surface area contributed by atoms with Crippen molar-refractivity contribution in [2.75, 3.05) is 7.11 Å². The minimum absolute atomic E-state index is 0.0530. The normalized spacial score (nSPS) is 35.8. The van der Waals surface area contributed by atoms with Crippen LogP contribution in [-0.2, 0) is 4.74 Å². The van der Waals surface area contributed by atoms with E-state index in [9.17, 15) is 5.11 Å². The van der Waals surface area contributed by atoms with Gasteiger partial charge in [0.15, 0.2) is 0 Å². The zero-order valence-corrected chi connectivity index (χ0v) is 8.51. The van der Waals surface area contributed by atoms with E-state index < -0.39 is 11.7 Å². The molecule has 0 aliphatic heterocycles. The summed E-state index contributed by atoms with van der Waals surface area (Å²) in [6, 6.07) is 0. The Balaban J connectivity index is 2.84. The third-order valence-corrected chi connectivity index (χ3v) is 2.59. The van der Waals surface area contributed by atoms with Gasteiger partial charge in [0.1, 0.15) is 11.7 Å². The van der Waals surface area contributed by atoms with Gasteiger partial charge < -0.3 is 9.84 Å². The average molecular weight is 170 g/mol. The van der Waals surface area contributed by atoms with Crippen LogP contribution in [0.15, 0.2) is 11.6 Å². The molecule has 0 aromatic rings. The zero-order valence-electron chi connectivity index (χ0n) is 8.51. The molecule has 1 aliphatic rings. The van der Waals surface area contributed by atoms with Crippen molar-refractivity contribution < 1.29 is 9.84 Å². The van der Waals surface area contributed by atoms with E-state index in [-0.39, 0.29) is 5.41 Å². The highest BCUT2D eigenvalue weighted by atomic mass is 16.5. The van der Waals surface area contributed by atoms with Gasteiger partial charge in [-0.3, -0.25) is 0 Å². The first-order valence-electron chi connectivity index (χ1n) is 4.28. The summed E-state index contributed by atoms with van der Waals surface area (Å²) < 4.78 is 5.18. The average Bonchev–Trinajstić information content (AvgIpc) is 1.96. The largest absolute Gasteiger partial charge is 0.385 e. The Bertz CT molecular complexity index is 212. The fraction of sp³-hybridized carbons (Fsp3) is 0.800. The second-order valence-electron chi connectivity index (χ2n) is 4.64. The Hall–Kier alpha value is -0.340. The van der Waals surface area contributed by atoms with Gasteiger partial charge in [0, 0.05) is 7.11 Å². The molecule has 1 rings (SSSR count). The lowest BCUT2D eigenvalue weighted by molar-refractivity contribution is -0.0708. The van der Waals surface area contributed by atoms with Crippen LogP contribution in [0, 0.1) is 5.41 Å². The lowest BCUT2D eigenvalue weighted by Crippen LogP contribution is -2.51. The first-order valence-corrected chi connectivity index (χ1v) is 4.28. The fourth-order valence-corrected chi connectivity index (χ4v) is 1.48. The standard InChI is InChI=1S/C10H18O2/c1-9(2,3)7-6-10(4,12-5)8(7)11/h6,8,11H,1-5H3.